The summed E-state index contributed by atoms with van der Waals surface area (Å²) in [5, 5.41) is 7.67. The number of benzene rings is 1. The first-order chi connectivity index (χ1) is 6.60. The molecule has 3 nitrogen and oxygen atoms in total. The fraction of sp³-hybridized carbons (Fsp3) is 0.0909. The molecule has 0 atom stereocenters. The van der Waals surface area contributed by atoms with Crippen LogP contribution in [0.1, 0.15) is 12.5 Å². The van der Waals surface area contributed by atoms with Crippen LogP contribution in [0.15, 0.2) is 24.3 Å². The summed E-state index contributed by atoms with van der Waals surface area (Å²) in [6.45, 7) is 12.1. The van der Waals surface area contributed by atoms with E-state index in [9.17, 15) is 4.79 Å². The third-order valence-electron chi connectivity index (χ3n) is 1.22. The predicted octanol–water partition coefficient (Wildman–Crippen LogP) is 2.52. The summed E-state index contributed by atoms with van der Waals surface area (Å²) in [4.78, 5) is 12.7. The number of ketones is 1. The summed E-state index contributed by atoms with van der Waals surface area (Å²) >= 11 is 0. The molecular weight excluding hydrogens is 451 g/mol. The van der Waals surface area contributed by atoms with Gasteiger partial charge in [0.2, 0.25) is 0 Å². The molecule has 0 spiro atoms. The second-order valence-corrected chi connectivity index (χ2v) is 2.52. The van der Waals surface area contributed by atoms with Gasteiger partial charge >= 0.3 is 0 Å². The van der Waals surface area contributed by atoms with Gasteiger partial charge in [-0.05, 0) is 6.92 Å². The molecule has 83 valence electrons. The zero-order chi connectivity index (χ0) is 11.0. The van der Waals surface area contributed by atoms with Crippen molar-refractivity contribution in [3.63, 3.8) is 0 Å². The van der Waals surface area contributed by atoms with Gasteiger partial charge in [-0.3, -0.25) is 4.85 Å². The van der Waals surface area contributed by atoms with E-state index in [2.05, 4.69) is 11.8 Å². The Morgan fingerprint density at radius 1 is 1.56 bits per heavy atom. The van der Waals surface area contributed by atoms with Gasteiger partial charge in [0.25, 0.3) is 0 Å². The monoisotopic (exact) mass is 462 g/mol. The standard InChI is InChI=1S/C8H6N.C3H5O2.W.Y/c1-7-4-3-5-8(6-7)9-2;1-3(5)2-4;;/h3-6H,1H2;2,4H,1H3;;/q2*-1;;. The van der Waals surface area contributed by atoms with Crippen LogP contribution in [-0.2, 0) is 58.6 Å². The Morgan fingerprint density at radius 2 is 2.06 bits per heavy atom. The van der Waals surface area contributed by atoms with Crippen molar-refractivity contribution in [2.24, 2.45) is 0 Å². The number of carbonyl (C=O) groups is 1. The van der Waals surface area contributed by atoms with Crippen molar-refractivity contribution in [3.05, 3.63) is 54.8 Å². The number of aliphatic hydroxyl groups excluding tert-OH is 1. The summed E-state index contributed by atoms with van der Waals surface area (Å²) in [6.07, 6.45) is 0. The first-order valence-corrected chi connectivity index (χ1v) is 3.87. The van der Waals surface area contributed by atoms with Crippen LogP contribution in [0, 0.1) is 20.1 Å². The first-order valence-electron chi connectivity index (χ1n) is 3.87. The van der Waals surface area contributed by atoms with Crippen LogP contribution in [0.5, 0.6) is 0 Å². The molecule has 0 heterocycles. The average molecular weight is 462 g/mol. The zero-order valence-electron chi connectivity index (χ0n) is 8.88. The molecule has 0 aliphatic rings. The smallest absolute Gasteiger partial charge is 0.134 e. The molecule has 0 aromatic heterocycles. The van der Waals surface area contributed by atoms with Crippen LogP contribution in [0.2, 0.25) is 0 Å². The Kier molecular flexibility index (Phi) is 17.1. The summed E-state index contributed by atoms with van der Waals surface area (Å²) in [5.74, 6) is -0.315. The number of aliphatic hydroxyl groups is 1. The Bertz CT molecular complexity index is 350. The number of Topliss-reactive ketones (excluding diaryl/α,β-unsaturated/α-hetero) is 1. The summed E-state index contributed by atoms with van der Waals surface area (Å²) < 4.78 is 0. The minimum atomic E-state index is -0.315. The molecule has 5 heteroatoms. The molecule has 0 bridgehead atoms. The number of hydrogen-bond acceptors (Lipinski definition) is 2. The van der Waals surface area contributed by atoms with Gasteiger partial charge in [-0.25, -0.2) is 12.2 Å². The Labute approximate surface area is 136 Å². The molecule has 16 heavy (non-hydrogen) atoms. The van der Waals surface area contributed by atoms with E-state index in [0.717, 1.165) is 5.56 Å². The van der Waals surface area contributed by atoms with Gasteiger partial charge in [0, 0.05) is 59.6 Å². The van der Waals surface area contributed by atoms with Crippen LogP contribution in [0.4, 0.5) is 5.69 Å². The van der Waals surface area contributed by atoms with Crippen molar-refractivity contribution in [3.8, 4) is 0 Å². The summed E-state index contributed by atoms with van der Waals surface area (Å²) in [7, 11) is 0. The second-order valence-electron chi connectivity index (χ2n) is 2.52. The Balaban J connectivity index is -0.000000214. The molecule has 1 radical (unpaired) electrons. The molecular formula is C11H11NO2WY-2. The van der Waals surface area contributed by atoms with Gasteiger partial charge < -0.3 is 9.90 Å². The number of nitrogens with zero attached hydrogens (tertiary/aromatic N) is 1. The average Bonchev–Trinajstić information content (AvgIpc) is 2.18. The van der Waals surface area contributed by atoms with Crippen LogP contribution in [0.3, 0.4) is 0 Å². The van der Waals surface area contributed by atoms with E-state index in [1.165, 1.54) is 6.92 Å². The molecule has 1 aromatic carbocycles. The molecule has 0 aliphatic heterocycles. The first kappa shape index (κ1) is 21.2. The minimum absolute atomic E-state index is 0. The van der Waals surface area contributed by atoms with Crippen molar-refractivity contribution in [1.82, 2.24) is 0 Å². The minimum Gasteiger partial charge on any atom is -0.540 e. The molecule has 0 aliphatic carbocycles. The number of hydrogen-bond donors (Lipinski definition) is 1. The van der Waals surface area contributed by atoms with Gasteiger partial charge in [0.1, 0.15) is 5.69 Å². The van der Waals surface area contributed by atoms with Crippen molar-refractivity contribution in [2.45, 2.75) is 6.92 Å². The maximum Gasteiger partial charge on any atom is 0.134 e. The van der Waals surface area contributed by atoms with E-state index >= 15 is 0 Å². The normalized spacial score (nSPS) is 6.81. The fourth-order valence-electron chi connectivity index (χ4n) is 0.626. The Hall–Kier alpha value is -0.128. The molecule has 1 N–H and O–H groups in total. The van der Waals surface area contributed by atoms with Crippen LogP contribution >= 0.6 is 0 Å². The summed E-state index contributed by atoms with van der Waals surface area (Å²) in [6, 6.07) is 7.22. The predicted molar refractivity (Wildman–Crippen MR) is 54.1 cm³/mol. The van der Waals surface area contributed by atoms with E-state index in [0.29, 0.717) is 12.3 Å². The Morgan fingerprint density at radius 3 is 2.31 bits per heavy atom. The quantitative estimate of drug-likeness (QED) is 0.653. The van der Waals surface area contributed by atoms with E-state index in [1.54, 1.807) is 12.1 Å². The SMILES string of the molecule is CC(=O)[CH-]O.[C-]#[N+]c1cccc([CH2-])c1.[W].[Y]. The molecule has 0 saturated heterocycles. The maximum absolute atomic E-state index is 9.51. The van der Waals surface area contributed by atoms with Gasteiger partial charge in [-0.15, -0.1) is 6.07 Å². The second kappa shape index (κ2) is 12.9. The van der Waals surface area contributed by atoms with E-state index < -0.39 is 0 Å². The molecule has 0 fully saturated rings. The topological polar surface area (TPSA) is 41.7 Å². The molecule has 0 unspecified atom stereocenters. The molecule has 1 rings (SSSR count). The van der Waals surface area contributed by atoms with Crippen LogP contribution in [-0.4, -0.2) is 10.9 Å². The number of carbonyl (C=O) groups excluding carboxylic acids is 1. The largest absolute Gasteiger partial charge is 0.540 e. The van der Waals surface area contributed by atoms with Crippen LogP contribution < -0.4 is 0 Å². The van der Waals surface area contributed by atoms with Gasteiger partial charge in [0.05, 0.1) is 6.57 Å². The fourth-order valence-corrected chi connectivity index (χ4v) is 0.626. The van der Waals surface area contributed by atoms with Crippen molar-refractivity contribution < 1.29 is 63.7 Å². The van der Waals surface area contributed by atoms with Gasteiger partial charge in [-0.1, -0.05) is 6.07 Å². The van der Waals surface area contributed by atoms with E-state index in [-0.39, 0.29) is 59.6 Å². The molecule has 1 aromatic rings. The van der Waals surface area contributed by atoms with E-state index in [4.69, 9.17) is 11.7 Å². The van der Waals surface area contributed by atoms with Gasteiger partial charge in [0.15, 0.2) is 0 Å². The van der Waals surface area contributed by atoms with Crippen molar-refractivity contribution >= 4 is 11.5 Å². The summed E-state index contributed by atoms with van der Waals surface area (Å²) in [5.41, 5.74) is 1.55. The van der Waals surface area contributed by atoms with E-state index in [1.807, 2.05) is 12.1 Å². The van der Waals surface area contributed by atoms with Crippen molar-refractivity contribution in [1.29, 1.82) is 0 Å². The van der Waals surface area contributed by atoms with Crippen molar-refractivity contribution in [2.75, 3.05) is 0 Å². The number of rotatable bonds is 1. The zero-order valence-corrected chi connectivity index (χ0v) is 14.7. The third-order valence-corrected chi connectivity index (χ3v) is 1.22. The maximum atomic E-state index is 9.51. The molecule has 0 amide bonds. The third kappa shape index (κ3) is 11.9. The van der Waals surface area contributed by atoms with Gasteiger partial charge in [-0.2, -0.15) is 19.1 Å². The molecule has 0 saturated carbocycles. The van der Waals surface area contributed by atoms with Crippen LogP contribution in [0.25, 0.3) is 4.85 Å².